The van der Waals surface area contributed by atoms with Crippen LogP contribution in [0.15, 0.2) is 134 Å². The van der Waals surface area contributed by atoms with Crippen LogP contribution in [0.25, 0.3) is 0 Å². The number of allylic oxidation sites excluding steroid dienone is 22. The number of hydrogen-bond donors (Lipinski definition) is 1. The van der Waals surface area contributed by atoms with Gasteiger partial charge in [0.25, 0.3) is 0 Å². The molecule has 0 aliphatic heterocycles. The first-order valence-corrected chi connectivity index (χ1v) is 31.4. The van der Waals surface area contributed by atoms with Gasteiger partial charge in [-0.25, -0.2) is 4.57 Å². The normalized spacial score (nSPS) is 14.2. The fourth-order valence-electron chi connectivity index (χ4n) is 7.63. The van der Waals surface area contributed by atoms with Gasteiger partial charge in [0.2, 0.25) is 0 Å². The molecule has 2 atom stereocenters. The van der Waals surface area contributed by atoms with E-state index in [0.717, 1.165) is 103 Å². The largest absolute Gasteiger partial charge is 0.472 e. The molecule has 0 rings (SSSR count). The molecule has 0 bridgehead atoms. The smallest absolute Gasteiger partial charge is 0.462 e. The van der Waals surface area contributed by atoms with E-state index in [2.05, 4.69) is 148 Å². The van der Waals surface area contributed by atoms with Crippen LogP contribution in [0.1, 0.15) is 219 Å². The van der Waals surface area contributed by atoms with E-state index in [1.54, 1.807) is 0 Å². The van der Waals surface area contributed by atoms with Crippen molar-refractivity contribution in [1.82, 2.24) is 0 Å². The number of likely N-dealkylation sites (N-methyl/N-ethyl adjacent to an activating group) is 1. The monoisotopic (exact) mass is 1080 g/mol. The van der Waals surface area contributed by atoms with Gasteiger partial charge in [-0.05, 0) is 109 Å². The number of carbonyl (C=O) groups excluding carboxylic acids is 2. The van der Waals surface area contributed by atoms with Gasteiger partial charge in [0.1, 0.15) is 19.8 Å². The minimum absolute atomic E-state index is 0.0163. The van der Waals surface area contributed by atoms with Crippen LogP contribution in [0.3, 0.4) is 0 Å². The van der Waals surface area contributed by atoms with Crippen molar-refractivity contribution in [1.29, 1.82) is 0 Å². The van der Waals surface area contributed by atoms with Gasteiger partial charge in [-0.1, -0.05) is 231 Å². The number of quaternary nitrogens is 1. The maximum atomic E-state index is 12.8. The lowest BCUT2D eigenvalue weighted by Gasteiger charge is -2.24. The average molecular weight is 1080 g/mol. The van der Waals surface area contributed by atoms with Crippen LogP contribution in [0.2, 0.25) is 0 Å². The summed E-state index contributed by atoms with van der Waals surface area (Å²) in [6.07, 6.45) is 81.0. The topological polar surface area (TPSA) is 108 Å². The quantitative estimate of drug-likeness (QED) is 0.0211. The Kier molecular flexibility index (Phi) is 53.1. The molecule has 0 saturated carbocycles. The lowest BCUT2D eigenvalue weighted by molar-refractivity contribution is -0.870. The van der Waals surface area contributed by atoms with Crippen molar-refractivity contribution in [3.63, 3.8) is 0 Å². The number of unbranched alkanes of at least 4 members (excludes halogenated alkanes) is 17. The van der Waals surface area contributed by atoms with Gasteiger partial charge in [-0.15, -0.1) is 0 Å². The summed E-state index contributed by atoms with van der Waals surface area (Å²) in [7, 11) is 1.43. The van der Waals surface area contributed by atoms with Crippen LogP contribution in [0.4, 0.5) is 0 Å². The second-order valence-corrected chi connectivity index (χ2v) is 22.1. The van der Waals surface area contributed by atoms with E-state index >= 15 is 0 Å². The number of esters is 2. The Morgan fingerprint density at radius 1 is 0.408 bits per heavy atom. The van der Waals surface area contributed by atoms with Crippen LogP contribution < -0.4 is 0 Å². The molecule has 0 spiro atoms. The SMILES string of the molecule is CC/C=C\C/C=C\C/C=C\C/C=C\C/C=C\C/C=C\CCCCC(=O)OC(COC(=O)CCCCCCCCCCCCCCCCC/C=C\C/C=C\C/C=C\C/C=C\C/C=C\CC)COP(=O)(O)OCC[N+](C)(C)C. The molecule has 2 unspecified atom stereocenters. The Hall–Kier alpha value is -3.85. The number of carbonyl (C=O) groups is 2. The zero-order valence-electron chi connectivity index (χ0n) is 48.9. The summed E-state index contributed by atoms with van der Waals surface area (Å²) in [5.74, 6) is -0.855. The van der Waals surface area contributed by atoms with Crippen molar-refractivity contribution in [2.45, 2.75) is 225 Å². The molecule has 10 heteroatoms. The first kappa shape index (κ1) is 72.2. The van der Waals surface area contributed by atoms with Crippen molar-refractivity contribution in [2.75, 3.05) is 47.5 Å². The third-order valence-corrected chi connectivity index (χ3v) is 13.2. The van der Waals surface area contributed by atoms with E-state index in [0.29, 0.717) is 17.4 Å². The van der Waals surface area contributed by atoms with Gasteiger partial charge in [-0.3, -0.25) is 18.6 Å². The van der Waals surface area contributed by atoms with Crippen molar-refractivity contribution in [2.24, 2.45) is 0 Å². The predicted octanol–water partition coefficient (Wildman–Crippen LogP) is 18.9. The second kappa shape index (κ2) is 55.9. The Balaban J connectivity index is 4.19. The molecule has 0 aromatic carbocycles. The molecule has 9 nitrogen and oxygen atoms in total. The molecule has 1 N–H and O–H groups in total. The summed E-state index contributed by atoms with van der Waals surface area (Å²) in [5, 5.41) is 0. The predicted molar refractivity (Wildman–Crippen MR) is 325 cm³/mol. The lowest BCUT2D eigenvalue weighted by Crippen LogP contribution is -2.37. The van der Waals surface area contributed by atoms with Crippen LogP contribution >= 0.6 is 7.82 Å². The number of phosphoric ester groups is 1. The molecular formula is C66H111NO8P+. The molecule has 432 valence electrons. The Morgan fingerprint density at radius 3 is 1.08 bits per heavy atom. The fraction of sp³-hybridized carbons (Fsp3) is 0.636. The van der Waals surface area contributed by atoms with Gasteiger partial charge >= 0.3 is 19.8 Å². The van der Waals surface area contributed by atoms with Gasteiger partial charge < -0.3 is 18.9 Å². The summed E-state index contributed by atoms with van der Waals surface area (Å²) >= 11 is 0. The molecule has 0 heterocycles. The molecule has 0 saturated heterocycles. The van der Waals surface area contributed by atoms with Crippen molar-refractivity contribution < 1.29 is 42.1 Å². The Labute approximate surface area is 466 Å². The minimum Gasteiger partial charge on any atom is -0.462 e. The maximum absolute atomic E-state index is 12.8. The highest BCUT2D eigenvalue weighted by atomic mass is 31.2. The number of phosphoric acid groups is 1. The van der Waals surface area contributed by atoms with Gasteiger partial charge in [0.15, 0.2) is 6.10 Å². The average Bonchev–Trinajstić information content (AvgIpc) is 3.38. The molecule has 0 aromatic heterocycles. The number of nitrogens with zero attached hydrogens (tertiary/aromatic N) is 1. The molecule has 0 aliphatic carbocycles. The Bertz CT molecular complexity index is 1740. The van der Waals surface area contributed by atoms with E-state index in [1.807, 2.05) is 21.1 Å². The first-order chi connectivity index (χ1) is 37.0. The fourth-order valence-corrected chi connectivity index (χ4v) is 8.37. The molecule has 0 radical (unpaired) electrons. The second-order valence-electron chi connectivity index (χ2n) is 20.6. The van der Waals surface area contributed by atoms with E-state index in [4.69, 9.17) is 18.5 Å². The van der Waals surface area contributed by atoms with Gasteiger partial charge in [-0.2, -0.15) is 0 Å². The highest BCUT2D eigenvalue weighted by Gasteiger charge is 2.27. The van der Waals surface area contributed by atoms with Crippen molar-refractivity contribution in [3.05, 3.63) is 134 Å². The molecule has 0 aliphatic rings. The van der Waals surface area contributed by atoms with Crippen LogP contribution in [-0.4, -0.2) is 74.9 Å². The zero-order chi connectivity index (χ0) is 55.6. The summed E-state index contributed by atoms with van der Waals surface area (Å²) in [5.41, 5.74) is 0. The molecule has 0 fully saturated rings. The van der Waals surface area contributed by atoms with E-state index in [9.17, 15) is 19.0 Å². The maximum Gasteiger partial charge on any atom is 0.472 e. The van der Waals surface area contributed by atoms with Crippen molar-refractivity contribution >= 4 is 19.8 Å². The summed E-state index contributed by atoms with van der Waals surface area (Å²) in [6, 6.07) is 0. The van der Waals surface area contributed by atoms with Gasteiger partial charge in [0.05, 0.1) is 27.7 Å². The van der Waals surface area contributed by atoms with Crippen LogP contribution in [-0.2, 0) is 32.7 Å². The minimum atomic E-state index is -4.41. The summed E-state index contributed by atoms with van der Waals surface area (Å²) in [4.78, 5) is 35.7. The first-order valence-electron chi connectivity index (χ1n) is 29.9. The molecule has 76 heavy (non-hydrogen) atoms. The van der Waals surface area contributed by atoms with Gasteiger partial charge in [0, 0.05) is 12.8 Å². The summed E-state index contributed by atoms with van der Waals surface area (Å²) in [6.45, 7) is 4.14. The standard InChI is InChI=1S/C66H110NO8P/c1-6-8-10-12-14-16-18-20-22-24-26-28-29-30-31-32-33-34-35-36-37-39-40-42-44-46-48-50-52-54-56-58-65(68)72-62-64(63-74-76(70,71)73-61-60-67(3,4)5)75-66(69)59-57-55-53-51-49-47-45-43-41-38-27-25-23-21-19-17-15-13-11-9-7-2/h8-11,14-17,20-23,26-28,30-31,38,43,45,49,51,64H,6-7,12-13,18-19,24-25,29,32-37,39-42,44,46-48,50,52-63H2,1-5H3/p+1/b10-8-,11-9-,16-14-,17-15-,22-20-,23-21-,28-26-,31-30-,38-27-,45-43-,51-49-. The Morgan fingerprint density at radius 2 is 0.711 bits per heavy atom. The number of ether oxygens (including phenoxy) is 2. The number of rotatable bonds is 53. The summed E-state index contributed by atoms with van der Waals surface area (Å²) < 4.78 is 34.5. The van der Waals surface area contributed by atoms with Crippen molar-refractivity contribution in [3.8, 4) is 0 Å². The highest BCUT2D eigenvalue weighted by molar-refractivity contribution is 7.47. The van der Waals surface area contributed by atoms with Crippen LogP contribution in [0.5, 0.6) is 0 Å². The van der Waals surface area contributed by atoms with E-state index < -0.39 is 26.5 Å². The molecule has 0 aromatic rings. The number of hydrogen-bond acceptors (Lipinski definition) is 7. The highest BCUT2D eigenvalue weighted by Crippen LogP contribution is 2.43. The van der Waals surface area contributed by atoms with E-state index in [1.165, 1.54) is 83.5 Å². The van der Waals surface area contributed by atoms with Crippen LogP contribution in [0, 0.1) is 0 Å². The third kappa shape index (κ3) is 59.4. The molecular weight excluding hydrogens is 966 g/mol. The third-order valence-electron chi connectivity index (χ3n) is 12.2. The molecule has 0 amide bonds. The lowest BCUT2D eigenvalue weighted by atomic mass is 10.0. The van der Waals surface area contributed by atoms with E-state index in [-0.39, 0.29) is 32.0 Å². The zero-order valence-corrected chi connectivity index (χ0v) is 49.8.